The fourth-order valence-corrected chi connectivity index (χ4v) is 4.13. The fraction of sp³-hybridized carbons (Fsp3) is 0.600. The molecule has 1 saturated heterocycles. The largest absolute Gasteiger partial charge is 0.480 e. The minimum atomic E-state index is -0.790. The van der Waals surface area contributed by atoms with Crippen molar-refractivity contribution >= 4 is 17.6 Å². The Morgan fingerprint density at radius 2 is 2.00 bits per heavy atom. The summed E-state index contributed by atoms with van der Waals surface area (Å²) in [6.07, 6.45) is 6.33. The van der Waals surface area contributed by atoms with Gasteiger partial charge < -0.3 is 10.4 Å². The van der Waals surface area contributed by atoms with Crippen molar-refractivity contribution in [3.8, 4) is 0 Å². The number of carboxylic acids is 1. The van der Waals surface area contributed by atoms with Gasteiger partial charge in [0, 0.05) is 18.3 Å². The molecule has 1 unspecified atom stereocenters. The number of aliphatic carboxylic acids is 1. The Labute approximate surface area is 155 Å². The van der Waals surface area contributed by atoms with E-state index in [1.54, 1.807) is 0 Å². The highest BCUT2D eigenvalue weighted by Gasteiger charge is 2.22. The van der Waals surface area contributed by atoms with Crippen LogP contribution in [0.3, 0.4) is 0 Å². The molecule has 1 atom stereocenters. The van der Waals surface area contributed by atoms with Gasteiger partial charge in [-0.05, 0) is 75.4 Å². The minimum Gasteiger partial charge on any atom is -0.480 e. The lowest BCUT2D eigenvalue weighted by molar-refractivity contribution is -0.138. The molecule has 0 spiro atoms. The first-order chi connectivity index (χ1) is 12.5. The third-order valence-corrected chi connectivity index (χ3v) is 5.55. The Bertz CT molecular complexity index is 662. The molecule has 6 nitrogen and oxygen atoms in total. The number of hydrogen-bond donors (Lipinski definition) is 2. The van der Waals surface area contributed by atoms with E-state index >= 15 is 0 Å². The van der Waals surface area contributed by atoms with Crippen LogP contribution in [0.2, 0.25) is 0 Å². The average Bonchev–Trinajstić information content (AvgIpc) is 2.92. The zero-order chi connectivity index (χ0) is 18.5. The van der Waals surface area contributed by atoms with Gasteiger partial charge in [0.15, 0.2) is 0 Å². The molecule has 6 heteroatoms. The number of carboxylic acid groups (broad SMARTS) is 1. The summed E-state index contributed by atoms with van der Waals surface area (Å²) in [5.74, 6) is -0.761. The number of likely N-dealkylation sites (tertiary alicyclic amines) is 1. The van der Waals surface area contributed by atoms with Crippen LogP contribution in [0.1, 0.15) is 36.8 Å². The quantitative estimate of drug-likeness (QED) is 0.813. The number of nitrogens with one attached hydrogen (secondary N) is 1. The summed E-state index contributed by atoms with van der Waals surface area (Å²) in [7, 11) is 1.87. The average molecular weight is 359 g/mol. The Morgan fingerprint density at radius 3 is 2.81 bits per heavy atom. The Kier molecular flexibility index (Phi) is 6.27. The standard InChI is InChI=1S/C20H29N3O3/c1-22(14-20(25)26)18-6-3-10-23(11-9-18)13-19(24)21-17-8-7-15-4-2-5-16(15)12-17/h7-8,12,18H,2-6,9-11,13-14H2,1H3,(H,21,24)(H,25,26). The number of anilines is 1. The number of likely N-dealkylation sites (N-methyl/N-ethyl adjacent to an activating group) is 1. The van der Waals surface area contributed by atoms with Crippen molar-refractivity contribution in [2.45, 2.75) is 44.6 Å². The topological polar surface area (TPSA) is 72.9 Å². The lowest BCUT2D eigenvalue weighted by atomic mass is 10.1. The molecule has 1 aromatic carbocycles. The third kappa shape index (κ3) is 5.05. The van der Waals surface area contributed by atoms with Gasteiger partial charge in [0.1, 0.15) is 0 Å². The first kappa shape index (κ1) is 18.9. The van der Waals surface area contributed by atoms with E-state index in [-0.39, 0.29) is 18.5 Å². The lowest BCUT2D eigenvalue weighted by Gasteiger charge is -2.25. The van der Waals surface area contributed by atoms with Gasteiger partial charge in [-0.1, -0.05) is 6.07 Å². The van der Waals surface area contributed by atoms with Gasteiger partial charge in [-0.3, -0.25) is 19.4 Å². The number of benzene rings is 1. The van der Waals surface area contributed by atoms with Crippen molar-refractivity contribution < 1.29 is 14.7 Å². The van der Waals surface area contributed by atoms with Crippen molar-refractivity contribution in [3.63, 3.8) is 0 Å². The predicted octanol–water partition coefficient (Wildman–Crippen LogP) is 1.98. The van der Waals surface area contributed by atoms with E-state index in [4.69, 9.17) is 5.11 Å². The molecule has 0 radical (unpaired) electrons. The SMILES string of the molecule is CN(CC(=O)O)C1CCCN(CC(=O)Nc2ccc3c(c2)CCC3)CC1. The van der Waals surface area contributed by atoms with Crippen molar-refractivity contribution in [1.29, 1.82) is 0 Å². The lowest BCUT2D eigenvalue weighted by Crippen LogP contribution is -2.37. The van der Waals surface area contributed by atoms with Crippen LogP contribution in [-0.2, 0) is 22.4 Å². The van der Waals surface area contributed by atoms with Gasteiger partial charge in [0.25, 0.3) is 0 Å². The van der Waals surface area contributed by atoms with E-state index in [2.05, 4.69) is 22.3 Å². The highest BCUT2D eigenvalue weighted by Crippen LogP contribution is 2.25. The second-order valence-corrected chi connectivity index (χ2v) is 7.55. The molecule has 0 bridgehead atoms. The molecular formula is C20H29N3O3. The summed E-state index contributed by atoms with van der Waals surface area (Å²) >= 11 is 0. The van der Waals surface area contributed by atoms with Crippen molar-refractivity contribution in [2.75, 3.05) is 38.5 Å². The van der Waals surface area contributed by atoms with E-state index in [9.17, 15) is 9.59 Å². The molecule has 2 aliphatic rings. The molecule has 3 rings (SSSR count). The summed E-state index contributed by atoms with van der Waals surface area (Å²) in [6, 6.07) is 6.52. The number of hydrogen-bond acceptors (Lipinski definition) is 4. The number of amides is 1. The van der Waals surface area contributed by atoms with E-state index in [1.807, 2.05) is 18.0 Å². The van der Waals surface area contributed by atoms with Crippen LogP contribution in [0.4, 0.5) is 5.69 Å². The van der Waals surface area contributed by atoms with Crippen LogP contribution in [0.25, 0.3) is 0 Å². The molecule has 0 saturated carbocycles. The first-order valence-corrected chi connectivity index (χ1v) is 9.57. The summed E-state index contributed by atoms with van der Waals surface area (Å²) in [5.41, 5.74) is 3.67. The van der Waals surface area contributed by atoms with Crippen molar-refractivity contribution in [2.24, 2.45) is 0 Å². The zero-order valence-corrected chi connectivity index (χ0v) is 15.5. The molecule has 2 N–H and O–H groups in total. The summed E-state index contributed by atoms with van der Waals surface area (Å²) in [6.45, 7) is 2.18. The van der Waals surface area contributed by atoms with E-state index < -0.39 is 5.97 Å². The van der Waals surface area contributed by atoms with Crippen LogP contribution < -0.4 is 5.32 Å². The van der Waals surface area contributed by atoms with Gasteiger partial charge in [0.05, 0.1) is 13.1 Å². The minimum absolute atomic E-state index is 0.0280. The molecule has 1 amide bonds. The van der Waals surface area contributed by atoms with Crippen LogP contribution in [0, 0.1) is 0 Å². The normalized spacial score (nSPS) is 20.6. The zero-order valence-electron chi connectivity index (χ0n) is 15.5. The third-order valence-electron chi connectivity index (χ3n) is 5.55. The van der Waals surface area contributed by atoms with E-state index in [0.29, 0.717) is 6.54 Å². The number of aryl methyl sites for hydroxylation is 2. The van der Waals surface area contributed by atoms with E-state index in [1.165, 1.54) is 17.5 Å². The van der Waals surface area contributed by atoms with Gasteiger partial charge in [0.2, 0.25) is 5.91 Å². The van der Waals surface area contributed by atoms with Crippen molar-refractivity contribution in [1.82, 2.24) is 9.80 Å². The smallest absolute Gasteiger partial charge is 0.317 e. The maximum absolute atomic E-state index is 12.4. The number of fused-ring (bicyclic) bond motifs is 1. The molecule has 1 aliphatic heterocycles. The van der Waals surface area contributed by atoms with Gasteiger partial charge in [-0.2, -0.15) is 0 Å². The summed E-state index contributed by atoms with van der Waals surface area (Å²) in [5, 5.41) is 12.0. The van der Waals surface area contributed by atoms with Gasteiger partial charge >= 0.3 is 5.97 Å². The maximum Gasteiger partial charge on any atom is 0.317 e. The number of carbonyl (C=O) groups is 2. The first-order valence-electron chi connectivity index (χ1n) is 9.57. The Morgan fingerprint density at radius 1 is 1.19 bits per heavy atom. The highest BCUT2D eigenvalue weighted by atomic mass is 16.4. The van der Waals surface area contributed by atoms with Crippen LogP contribution in [0.15, 0.2) is 18.2 Å². The van der Waals surface area contributed by atoms with Crippen LogP contribution in [0.5, 0.6) is 0 Å². The van der Waals surface area contributed by atoms with Crippen molar-refractivity contribution in [3.05, 3.63) is 29.3 Å². The molecular weight excluding hydrogens is 330 g/mol. The number of nitrogens with zero attached hydrogens (tertiary/aromatic N) is 2. The highest BCUT2D eigenvalue weighted by molar-refractivity contribution is 5.92. The molecule has 1 fully saturated rings. The van der Waals surface area contributed by atoms with Gasteiger partial charge in [-0.15, -0.1) is 0 Å². The molecule has 1 heterocycles. The maximum atomic E-state index is 12.4. The number of rotatable bonds is 6. The molecule has 1 aromatic rings. The Hall–Kier alpha value is -1.92. The summed E-state index contributed by atoms with van der Waals surface area (Å²) in [4.78, 5) is 27.4. The van der Waals surface area contributed by atoms with Gasteiger partial charge in [-0.25, -0.2) is 0 Å². The fourth-order valence-electron chi connectivity index (χ4n) is 4.13. The Balaban J connectivity index is 1.48. The second-order valence-electron chi connectivity index (χ2n) is 7.55. The molecule has 0 aromatic heterocycles. The van der Waals surface area contributed by atoms with Crippen LogP contribution >= 0.6 is 0 Å². The predicted molar refractivity (Wildman–Crippen MR) is 101 cm³/mol. The number of carbonyl (C=O) groups excluding carboxylic acids is 1. The monoisotopic (exact) mass is 359 g/mol. The summed E-state index contributed by atoms with van der Waals surface area (Å²) < 4.78 is 0. The van der Waals surface area contributed by atoms with E-state index in [0.717, 1.165) is 50.9 Å². The second kappa shape index (κ2) is 8.64. The molecule has 142 valence electrons. The molecule has 26 heavy (non-hydrogen) atoms. The van der Waals surface area contributed by atoms with Crippen LogP contribution in [-0.4, -0.2) is 66.1 Å². The molecule has 1 aliphatic carbocycles.